The monoisotopic (exact) mass is 275 g/mol. The Morgan fingerprint density at radius 2 is 1.60 bits per heavy atom. The summed E-state index contributed by atoms with van der Waals surface area (Å²) in [5.74, 6) is -0.300. The van der Waals surface area contributed by atoms with E-state index in [0.29, 0.717) is 5.56 Å². The highest BCUT2D eigenvalue weighted by atomic mass is 16.1. The third kappa shape index (κ3) is 4.36. The van der Waals surface area contributed by atoms with Gasteiger partial charge in [0, 0.05) is 5.56 Å². The second-order valence-electron chi connectivity index (χ2n) is 5.46. The summed E-state index contributed by atoms with van der Waals surface area (Å²) in [5, 5.41) is 0. The summed E-state index contributed by atoms with van der Waals surface area (Å²) in [5.41, 5.74) is 10.1. The third-order valence-corrected chi connectivity index (χ3v) is 4.05. The molecule has 0 spiro atoms. The number of benzene rings is 1. The van der Waals surface area contributed by atoms with Gasteiger partial charge < -0.3 is 5.73 Å². The van der Waals surface area contributed by atoms with Crippen LogP contribution < -0.4 is 5.73 Å². The van der Waals surface area contributed by atoms with E-state index in [2.05, 4.69) is 26.8 Å². The molecule has 1 rings (SSSR count). The van der Waals surface area contributed by atoms with Crippen LogP contribution in [-0.2, 0) is 19.3 Å². The zero-order valence-corrected chi connectivity index (χ0v) is 13.3. The molecule has 2 nitrogen and oxygen atoms in total. The lowest BCUT2D eigenvalue weighted by atomic mass is 9.90. The maximum absolute atomic E-state index is 11.5. The van der Waals surface area contributed by atoms with Crippen LogP contribution in [0.1, 0.15) is 79.9 Å². The van der Waals surface area contributed by atoms with Gasteiger partial charge in [0.2, 0.25) is 5.91 Å². The Morgan fingerprint density at radius 3 is 2.15 bits per heavy atom. The van der Waals surface area contributed by atoms with Crippen LogP contribution in [0.25, 0.3) is 0 Å². The highest BCUT2D eigenvalue weighted by Gasteiger charge is 2.13. The molecule has 0 aliphatic heterocycles. The zero-order valence-electron chi connectivity index (χ0n) is 13.3. The minimum Gasteiger partial charge on any atom is -0.366 e. The maximum atomic E-state index is 11.5. The molecule has 0 aliphatic rings. The van der Waals surface area contributed by atoms with E-state index in [1.54, 1.807) is 0 Å². The number of carbonyl (C=O) groups is 1. The quantitative estimate of drug-likeness (QED) is 0.666. The van der Waals surface area contributed by atoms with Crippen molar-refractivity contribution in [3.05, 3.63) is 34.4 Å². The molecule has 0 saturated carbocycles. The molecule has 0 aromatic heterocycles. The smallest absolute Gasteiger partial charge is 0.248 e. The first-order valence-electron chi connectivity index (χ1n) is 8.09. The van der Waals surface area contributed by atoms with Gasteiger partial charge in [0.1, 0.15) is 0 Å². The fraction of sp³-hybridized carbons (Fsp3) is 0.611. The van der Waals surface area contributed by atoms with Crippen molar-refractivity contribution in [2.45, 2.75) is 72.1 Å². The molecular weight excluding hydrogens is 246 g/mol. The molecule has 0 fully saturated rings. The largest absolute Gasteiger partial charge is 0.366 e. The molecule has 0 saturated heterocycles. The normalized spacial score (nSPS) is 10.8. The van der Waals surface area contributed by atoms with Gasteiger partial charge in [-0.15, -0.1) is 0 Å². The Hall–Kier alpha value is -1.31. The molecular formula is C18H29NO. The predicted octanol–water partition coefficient (Wildman–Crippen LogP) is 4.42. The fourth-order valence-corrected chi connectivity index (χ4v) is 2.97. The second-order valence-corrected chi connectivity index (χ2v) is 5.46. The van der Waals surface area contributed by atoms with Crippen LogP contribution in [0.4, 0.5) is 0 Å². The molecule has 2 heteroatoms. The molecule has 1 amide bonds. The highest BCUT2D eigenvalue weighted by Crippen LogP contribution is 2.23. The van der Waals surface area contributed by atoms with E-state index in [1.165, 1.54) is 43.2 Å². The minimum absolute atomic E-state index is 0.300. The summed E-state index contributed by atoms with van der Waals surface area (Å²) in [6.07, 6.45) is 9.48. The lowest BCUT2D eigenvalue weighted by molar-refractivity contribution is 0.0999. The van der Waals surface area contributed by atoms with Gasteiger partial charge in [-0.25, -0.2) is 0 Å². The maximum Gasteiger partial charge on any atom is 0.248 e. The molecule has 0 unspecified atom stereocenters. The fourth-order valence-electron chi connectivity index (χ4n) is 2.97. The summed E-state index contributed by atoms with van der Waals surface area (Å²) in [6.45, 7) is 6.51. The standard InChI is InChI=1S/C18H29NO/c1-4-7-8-9-10-11-14-12-13-17(18(19)20)16(6-3)15(14)5-2/h12-13H,4-11H2,1-3H3,(H2,19,20). The van der Waals surface area contributed by atoms with Crippen molar-refractivity contribution >= 4 is 5.91 Å². The third-order valence-electron chi connectivity index (χ3n) is 4.05. The summed E-state index contributed by atoms with van der Waals surface area (Å²) < 4.78 is 0. The molecule has 0 radical (unpaired) electrons. The number of carbonyl (C=O) groups excluding carboxylic acids is 1. The van der Waals surface area contributed by atoms with Gasteiger partial charge >= 0.3 is 0 Å². The number of unbranched alkanes of at least 4 members (excludes halogenated alkanes) is 4. The van der Waals surface area contributed by atoms with E-state index < -0.39 is 0 Å². The SMILES string of the molecule is CCCCCCCc1ccc(C(N)=O)c(CC)c1CC. The molecule has 0 aliphatic carbocycles. The average Bonchev–Trinajstić information content (AvgIpc) is 2.45. The Bertz CT molecular complexity index is 437. The van der Waals surface area contributed by atoms with E-state index in [4.69, 9.17) is 5.73 Å². The molecule has 1 aromatic rings. The average molecular weight is 275 g/mol. The van der Waals surface area contributed by atoms with Crippen LogP contribution in [0.2, 0.25) is 0 Å². The van der Waals surface area contributed by atoms with Gasteiger partial charge in [0.15, 0.2) is 0 Å². The topological polar surface area (TPSA) is 43.1 Å². The first kappa shape index (κ1) is 16.7. The summed E-state index contributed by atoms with van der Waals surface area (Å²) in [4.78, 5) is 11.5. The number of nitrogens with two attached hydrogens (primary N) is 1. The Morgan fingerprint density at radius 1 is 0.950 bits per heavy atom. The summed E-state index contributed by atoms with van der Waals surface area (Å²) in [7, 11) is 0. The van der Waals surface area contributed by atoms with E-state index in [-0.39, 0.29) is 5.91 Å². The van der Waals surface area contributed by atoms with Gasteiger partial charge in [0.05, 0.1) is 0 Å². The van der Waals surface area contributed by atoms with E-state index in [9.17, 15) is 4.79 Å². The highest BCUT2D eigenvalue weighted by molar-refractivity contribution is 5.94. The van der Waals surface area contributed by atoms with Crippen LogP contribution in [0.3, 0.4) is 0 Å². The van der Waals surface area contributed by atoms with Crippen LogP contribution in [0, 0.1) is 0 Å². The second kappa shape index (κ2) is 8.78. The molecule has 112 valence electrons. The van der Waals surface area contributed by atoms with Crippen LogP contribution >= 0.6 is 0 Å². The van der Waals surface area contributed by atoms with E-state index in [0.717, 1.165) is 24.8 Å². The van der Waals surface area contributed by atoms with E-state index in [1.807, 2.05) is 6.07 Å². The van der Waals surface area contributed by atoms with Crippen LogP contribution in [0.15, 0.2) is 12.1 Å². The van der Waals surface area contributed by atoms with Crippen molar-refractivity contribution in [2.75, 3.05) is 0 Å². The molecule has 0 atom stereocenters. The van der Waals surface area contributed by atoms with Gasteiger partial charge in [-0.05, 0) is 48.4 Å². The lowest BCUT2D eigenvalue weighted by Crippen LogP contribution is -2.16. The Labute approximate surface area is 123 Å². The number of primary amides is 1. The molecule has 2 N–H and O–H groups in total. The zero-order chi connectivity index (χ0) is 15.0. The van der Waals surface area contributed by atoms with Crippen molar-refractivity contribution in [1.29, 1.82) is 0 Å². The van der Waals surface area contributed by atoms with Crippen molar-refractivity contribution < 1.29 is 4.79 Å². The number of aryl methyl sites for hydroxylation is 1. The minimum atomic E-state index is -0.300. The van der Waals surface area contributed by atoms with Crippen molar-refractivity contribution in [2.24, 2.45) is 5.73 Å². The van der Waals surface area contributed by atoms with Crippen LogP contribution in [0.5, 0.6) is 0 Å². The van der Waals surface area contributed by atoms with Gasteiger partial charge in [-0.3, -0.25) is 4.79 Å². The van der Waals surface area contributed by atoms with Crippen molar-refractivity contribution in [3.63, 3.8) is 0 Å². The lowest BCUT2D eigenvalue weighted by Gasteiger charge is -2.15. The first-order chi connectivity index (χ1) is 9.65. The molecule has 1 aromatic carbocycles. The summed E-state index contributed by atoms with van der Waals surface area (Å²) >= 11 is 0. The van der Waals surface area contributed by atoms with Crippen molar-refractivity contribution in [3.8, 4) is 0 Å². The number of hydrogen-bond acceptors (Lipinski definition) is 1. The van der Waals surface area contributed by atoms with Crippen molar-refractivity contribution in [1.82, 2.24) is 0 Å². The number of hydrogen-bond donors (Lipinski definition) is 1. The van der Waals surface area contributed by atoms with Crippen LogP contribution in [-0.4, -0.2) is 5.91 Å². The number of rotatable bonds is 9. The van der Waals surface area contributed by atoms with E-state index >= 15 is 0 Å². The molecule has 0 heterocycles. The Balaban J connectivity index is 2.83. The molecule has 0 bridgehead atoms. The Kier molecular flexibility index (Phi) is 7.35. The predicted molar refractivity (Wildman–Crippen MR) is 86.2 cm³/mol. The van der Waals surface area contributed by atoms with Gasteiger partial charge in [-0.2, -0.15) is 0 Å². The number of amides is 1. The van der Waals surface area contributed by atoms with Gasteiger partial charge in [-0.1, -0.05) is 52.5 Å². The van der Waals surface area contributed by atoms with Gasteiger partial charge in [0.25, 0.3) is 0 Å². The summed E-state index contributed by atoms with van der Waals surface area (Å²) in [6, 6.07) is 4.03. The first-order valence-corrected chi connectivity index (χ1v) is 8.09. The molecule has 20 heavy (non-hydrogen) atoms.